The van der Waals surface area contributed by atoms with Gasteiger partial charge in [-0.3, -0.25) is 9.59 Å². The largest absolute Gasteiger partial charge is 0.486 e. The van der Waals surface area contributed by atoms with Gasteiger partial charge in [-0.2, -0.15) is 0 Å². The van der Waals surface area contributed by atoms with Crippen molar-refractivity contribution in [2.75, 3.05) is 5.32 Å². The maximum atomic E-state index is 12.7. The van der Waals surface area contributed by atoms with Gasteiger partial charge in [0, 0.05) is 17.3 Å². The summed E-state index contributed by atoms with van der Waals surface area (Å²) in [5.74, 6) is 0.151. The van der Waals surface area contributed by atoms with E-state index in [1.165, 1.54) is 5.56 Å². The van der Waals surface area contributed by atoms with Crippen LogP contribution in [0.2, 0.25) is 0 Å². The lowest BCUT2D eigenvalue weighted by atomic mass is 10.1. The normalized spacial score (nSPS) is 11.5. The molecule has 0 unspecified atom stereocenters. The molecule has 7 nitrogen and oxygen atoms in total. The number of aromatic nitrogens is 2. The van der Waals surface area contributed by atoms with E-state index in [1.807, 2.05) is 55.5 Å². The molecule has 2 N–H and O–H groups in total. The fraction of sp³-hybridized carbons (Fsp3) is 0.185. The standard InChI is InChI=1S/C27H26N4O3S/c1-19(15-16-20-9-4-2-5-10-20)28-25(32)21-11-8-12-22(17-21)29-26(33)27-31-30-24(35-27)18-34-23-13-6-3-7-14-23/h2-14,17,19H,15-16,18H2,1H3,(H,28,32)(H,29,33)/t19-/m1/s1. The van der Waals surface area contributed by atoms with Crippen molar-refractivity contribution in [2.24, 2.45) is 0 Å². The summed E-state index contributed by atoms with van der Waals surface area (Å²) in [4.78, 5) is 25.3. The number of ether oxygens (including phenoxy) is 1. The smallest absolute Gasteiger partial charge is 0.286 e. The van der Waals surface area contributed by atoms with Gasteiger partial charge in [-0.05, 0) is 55.7 Å². The Balaban J connectivity index is 1.29. The van der Waals surface area contributed by atoms with Crippen LogP contribution in [0.3, 0.4) is 0 Å². The molecule has 2 amide bonds. The van der Waals surface area contributed by atoms with Crippen molar-refractivity contribution in [1.29, 1.82) is 0 Å². The second-order valence-electron chi connectivity index (χ2n) is 8.04. The molecule has 0 spiro atoms. The SMILES string of the molecule is C[C@H](CCc1ccccc1)NC(=O)c1cccc(NC(=O)c2nnc(COc3ccccc3)s2)c1. The summed E-state index contributed by atoms with van der Waals surface area (Å²) in [6.45, 7) is 2.22. The molecule has 0 saturated carbocycles. The second-order valence-corrected chi connectivity index (χ2v) is 9.10. The molecule has 0 bridgehead atoms. The Morgan fingerprint density at radius 3 is 2.43 bits per heavy atom. The molecule has 4 rings (SSSR count). The predicted octanol–water partition coefficient (Wildman–Crippen LogP) is 5.12. The van der Waals surface area contributed by atoms with E-state index < -0.39 is 0 Å². The average Bonchev–Trinajstić information content (AvgIpc) is 3.37. The molecule has 3 aromatic carbocycles. The molecule has 0 aliphatic heterocycles. The van der Waals surface area contributed by atoms with E-state index in [9.17, 15) is 9.59 Å². The first-order valence-electron chi connectivity index (χ1n) is 11.3. The lowest BCUT2D eigenvalue weighted by molar-refractivity contribution is 0.0937. The molecule has 1 atom stereocenters. The maximum Gasteiger partial charge on any atom is 0.286 e. The van der Waals surface area contributed by atoms with Crippen molar-refractivity contribution < 1.29 is 14.3 Å². The minimum absolute atomic E-state index is 0.0128. The quantitative estimate of drug-likeness (QED) is 0.325. The number of nitrogens with zero attached hydrogens (tertiary/aromatic N) is 2. The lowest BCUT2D eigenvalue weighted by Crippen LogP contribution is -2.32. The Kier molecular flexibility index (Phi) is 8.19. The molecule has 0 radical (unpaired) electrons. The zero-order valence-corrected chi connectivity index (χ0v) is 20.1. The first-order valence-corrected chi connectivity index (χ1v) is 12.1. The number of hydrogen-bond acceptors (Lipinski definition) is 6. The van der Waals surface area contributed by atoms with Crippen molar-refractivity contribution in [3.05, 3.63) is 106 Å². The Bertz CT molecular complexity index is 1260. The van der Waals surface area contributed by atoms with Gasteiger partial charge in [0.05, 0.1) is 0 Å². The number of hydrogen-bond donors (Lipinski definition) is 2. The molecule has 1 heterocycles. The van der Waals surface area contributed by atoms with E-state index in [1.54, 1.807) is 24.3 Å². The summed E-state index contributed by atoms with van der Waals surface area (Å²) in [5.41, 5.74) is 2.23. The van der Waals surface area contributed by atoms with Crippen molar-refractivity contribution >= 4 is 28.8 Å². The van der Waals surface area contributed by atoms with Gasteiger partial charge in [0.1, 0.15) is 12.4 Å². The number of anilines is 1. The number of para-hydroxylation sites is 1. The van der Waals surface area contributed by atoms with Gasteiger partial charge in [0.2, 0.25) is 5.01 Å². The third-order valence-electron chi connectivity index (χ3n) is 5.24. The summed E-state index contributed by atoms with van der Waals surface area (Å²) in [7, 11) is 0. The van der Waals surface area contributed by atoms with Crippen LogP contribution < -0.4 is 15.4 Å². The number of rotatable bonds is 10. The van der Waals surface area contributed by atoms with Gasteiger partial charge in [0.25, 0.3) is 11.8 Å². The number of aryl methyl sites for hydroxylation is 1. The van der Waals surface area contributed by atoms with E-state index in [4.69, 9.17) is 4.74 Å². The van der Waals surface area contributed by atoms with Gasteiger partial charge in [-0.1, -0.05) is 65.9 Å². The van der Waals surface area contributed by atoms with Crippen LogP contribution in [-0.4, -0.2) is 28.1 Å². The second kappa shape index (κ2) is 11.9. The number of nitrogens with one attached hydrogen (secondary N) is 2. The molecule has 1 aromatic heterocycles. The summed E-state index contributed by atoms with van der Waals surface area (Å²) >= 11 is 1.16. The zero-order chi connectivity index (χ0) is 24.5. The van der Waals surface area contributed by atoms with Gasteiger partial charge in [0.15, 0.2) is 5.01 Å². The van der Waals surface area contributed by atoms with E-state index in [0.29, 0.717) is 16.3 Å². The molecule has 8 heteroatoms. The highest BCUT2D eigenvalue weighted by Crippen LogP contribution is 2.17. The summed E-state index contributed by atoms with van der Waals surface area (Å²) in [6.07, 6.45) is 1.72. The molecule has 0 aliphatic carbocycles. The number of amides is 2. The molecular formula is C27H26N4O3S. The predicted molar refractivity (Wildman–Crippen MR) is 137 cm³/mol. The highest BCUT2D eigenvalue weighted by molar-refractivity contribution is 7.13. The van der Waals surface area contributed by atoms with Crippen molar-refractivity contribution in [1.82, 2.24) is 15.5 Å². The topological polar surface area (TPSA) is 93.2 Å². The highest BCUT2D eigenvalue weighted by atomic mass is 32.1. The van der Waals surface area contributed by atoms with Crippen LogP contribution in [0, 0.1) is 0 Å². The van der Waals surface area contributed by atoms with E-state index >= 15 is 0 Å². The number of benzene rings is 3. The van der Waals surface area contributed by atoms with Crippen molar-refractivity contribution in [3.63, 3.8) is 0 Å². The van der Waals surface area contributed by atoms with E-state index in [-0.39, 0.29) is 29.5 Å². The van der Waals surface area contributed by atoms with Crippen LogP contribution >= 0.6 is 11.3 Å². The Morgan fingerprint density at radius 1 is 0.914 bits per heavy atom. The van der Waals surface area contributed by atoms with E-state index in [0.717, 1.165) is 29.9 Å². The first kappa shape index (κ1) is 24.1. The minimum atomic E-state index is -0.387. The molecule has 178 valence electrons. The van der Waals surface area contributed by atoms with Crippen molar-refractivity contribution in [2.45, 2.75) is 32.4 Å². The first-order chi connectivity index (χ1) is 17.1. The summed E-state index contributed by atoms with van der Waals surface area (Å²) in [5, 5.41) is 14.6. The molecule has 4 aromatic rings. The fourth-order valence-electron chi connectivity index (χ4n) is 3.40. The van der Waals surface area contributed by atoms with Crippen LogP contribution in [0.25, 0.3) is 0 Å². The Morgan fingerprint density at radius 2 is 1.66 bits per heavy atom. The monoisotopic (exact) mass is 486 g/mol. The number of carbonyl (C=O) groups excluding carboxylic acids is 2. The highest BCUT2D eigenvalue weighted by Gasteiger charge is 2.15. The summed E-state index contributed by atoms with van der Waals surface area (Å²) in [6, 6.07) is 26.4. The van der Waals surface area contributed by atoms with Gasteiger partial charge in [-0.25, -0.2) is 0 Å². The van der Waals surface area contributed by atoms with Crippen LogP contribution in [0.1, 0.15) is 44.1 Å². The van der Waals surface area contributed by atoms with E-state index in [2.05, 4.69) is 33.0 Å². The van der Waals surface area contributed by atoms with Gasteiger partial charge >= 0.3 is 0 Å². The van der Waals surface area contributed by atoms with Crippen molar-refractivity contribution in [3.8, 4) is 5.75 Å². The molecule has 0 fully saturated rings. The molecule has 35 heavy (non-hydrogen) atoms. The lowest BCUT2D eigenvalue weighted by Gasteiger charge is -2.14. The number of carbonyl (C=O) groups is 2. The molecule has 0 aliphatic rings. The van der Waals surface area contributed by atoms with Gasteiger partial charge in [-0.15, -0.1) is 10.2 Å². The Labute approximate surface area is 208 Å². The molecule has 0 saturated heterocycles. The third-order valence-corrected chi connectivity index (χ3v) is 6.13. The fourth-order valence-corrected chi connectivity index (χ4v) is 4.04. The Hall–Kier alpha value is -4.04. The van der Waals surface area contributed by atoms with Crippen LogP contribution in [0.15, 0.2) is 84.9 Å². The zero-order valence-electron chi connectivity index (χ0n) is 19.3. The average molecular weight is 487 g/mol. The summed E-state index contributed by atoms with van der Waals surface area (Å²) < 4.78 is 5.65. The molecular weight excluding hydrogens is 460 g/mol. The van der Waals surface area contributed by atoms with Crippen LogP contribution in [0.4, 0.5) is 5.69 Å². The van der Waals surface area contributed by atoms with Gasteiger partial charge < -0.3 is 15.4 Å². The van der Waals surface area contributed by atoms with Crippen LogP contribution in [-0.2, 0) is 13.0 Å². The van der Waals surface area contributed by atoms with Crippen LogP contribution in [0.5, 0.6) is 5.75 Å². The maximum absolute atomic E-state index is 12.7. The minimum Gasteiger partial charge on any atom is -0.486 e. The third kappa shape index (κ3) is 7.22.